The third kappa shape index (κ3) is 2.17. The van der Waals surface area contributed by atoms with Crippen LogP contribution in [-0.2, 0) is 4.79 Å². The third-order valence-electron chi connectivity index (χ3n) is 0.602. The summed E-state index contributed by atoms with van der Waals surface area (Å²) < 4.78 is 0. The molecule has 41 valence electrons. The highest BCUT2D eigenvalue weighted by molar-refractivity contribution is 5.78. The van der Waals surface area contributed by atoms with Crippen LogP contribution in [0.3, 0.4) is 0 Å². The van der Waals surface area contributed by atoms with Gasteiger partial charge in [0.05, 0.1) is 0 Å². The summed E-state index contributed by atoms with van der Waals surface area (Å²) in [5, 5.41) is 8.40. The Morgan fingerprint density at radius 1 is 2.00 bits per heavy atom. The first-order valence-corrected chi connectivity index (χ1v) is 1.95. The molecule has 0 heterocycles. The Hall–Kier alpha value is -0.570. The monoisotopic (exact) mass is 102 g/mol. The number of aliphatic hydroxyl groups excluding tert-OH is 1. The van der Waals surface area contributed by atoms with Crippen molar-refractivity contribution >= 4 is 5.91 Å². The average Bonchev–Trinajstić information content (AvgIpc) is 1.65. The minimum absolute atomic E-state index is 0.148. The zero-order chi connectivity index (χ0) is 5.86. The summed E-state index contributed by atoms with van der Waals surface area (Å²) in [5.74, 6) is -0.713. The van der Waals surface area contributed by atoms with E-state index in [0.717, 1.165) is 0 Å². The van der Waals surface area contributed by atoms with E-state index in [0.29, 0.717) is 0 Å². The first kappa shape index (κ1) is 6.43. The van der Waals surface area contributed by atoms with Crippen molar-refractivity contribution in [1.82, 2.24) is 0 Å². The van der Waals surface area contributed by atoms with E-state index in [2.05, 4.69) is 12.7 Å². The van der Waals surface area contributed by atoms with Crippen molar-refractivity contribution in [3.05, 3.63) is 6.92 Å². The van der Waals surface area contributed by atoms with Crippen LogP contribution < -0.4 is 5.73 Å². The SMILES string of the molecule is [CH2]CC(O)C(N)=O. The van der Waals surface area contributed by atoms with Gasteiger partial charge in [-0.05, 0) is 6.42 Å². The summed E-state index contributed by atoms with van der Waals surface area (Å²) in [4.78, 5) is 9.86. The third-order valence-corrected chi connectivity index (χ3v) is 0.602. The maximum Gasteiger partial charge on any atom is 0.246 e. The number of hydrogen-bond acceptors (Lipinski definition) is 2. The molecule has 0 aromatic heterocycles. The highest BCUT2D eigenvalue weighted by Crippen LogP contribution is 1.83. The van der Waals surface area contributed by atoms with Crippen LogP contribution in [0.1, 0.15) is 6.42 Å². The molecule has 3 nitrogen and oxygen atoms in total. The second kappa shape index (κ2) is 2.58. The van der Waals surface area contributed by atoms with Crippen molar-refractivity contribution < 1.29 is 9.90 Å². The smallest absolute Gasteiger partial charge is 0.246 e. The minimum Gasteiger partial charge on any atom is -0.383 e. The molecular weight excluding hydrogens is 94.0 g/mol. The molecule has 1 amide bonds. The van der Waals surface area contributed by atoms with Crippen molar-refractivity contribution in [1.29, 1.82) is 0 Å². The van der Waals surface area contributed by atoms with E-state index in [4.69, 9.17) is 5.11 Å². The van der Waals surface area contributed by atoms with Crippen LogP contribution in [0.25, 0.3) is 0 Å². The molecule has 0 aromatic rings. The number of rotatable bonds is 2. The van der Waals surface area contributed by atoms with Gasteiger partial charge in [0.15, 0.2) is 0 Å². The van der Waals surface area contributed by atoms with Crippen molar-refractivity contribution in [2.45, 2.75) is 12.5 Å². The van der Waals surface area contributed by atoms with Gasteiger partial charge in [0, 0.05) is 0 Å². The Morgan fingerprint density at radius 2 is 2.43 bits per heavy atom. The summed E-state index contributed by atoms with van der Waals surface area (Å²) >= 11 is 0. The second-order valence-corrected chi connectivity index (χ2v) is 1.21. The van der Waals surface area contributed by atoms with Crippen molar-refractivity contribution in [2.75, 3.05) is 0 Å². The van der Waals surface area contributed by atoms with E-state index in [-0.39, 0.29) is 6.42 Å². The van der Waals surface area contributed by atoms with Gasteiger partial charge in [0.25, 0.3) is 0 Å². The van der Waals surface area contributed by atoms with Gasteiger partial charge in [-0.3, -0.25) is 4.79 Å². The topological polar surface area (TPSA) is 63.3 Å². The number of primary amides is 1. The molecule has 0 rings (SSSR count). The lowest BCUT2D eigenvalue weighted by Crippen LogP contribution is -2.27. The summed E-state index contributed by atoms with van der Waals surface area (Å²) in [5.41, 5.74) is 4.62. The molecule has 0 spiro atoms. The van der Waals surface area contributed by atoms with Gasteiger partial charge >= 0.3 is 0 Å². The van der Waals surface area contributed by atoms with Crippen molar-refractivity contribution in [2.24, 2.45) is 5.73 Å². The fraction of sp³-hybridized carbons (Fsp3) is 0.500. The molecule has 0 bridgehead atoms. The molecule has 1 radical (unpaired) electrons. The lowest BCUT2D eigenvalue weighted by molar-refractivity contribution is -0.125. The zero-order valence-corrected chi connectivity index (χ0v) is 3.92. The number of carbonyl (C=O) groups excluding carboxylic acids is 1. The number of hydrogen-bond donors (Lipinski definition) is 2. The molecule has 0 aromatic carbocycles. The van der Waals surface area contributed by atoms with Crippen molar-refractivity contribution in [3.63, 3.8) is 0 Å². The average molecular weight is 102 g/mol. The maximum atomic E-state index is 9.86. The number of carbonyl (C=O) groups is 1. The predicted molar refractivity (Wildman–Crippen MR) is 25.2 cm³/mol. The van der Waals surface area contributed by atoms with Crippen LogP contribution in [-0.4, -0.2) is 17.1 Å². The van der Waals surface area contributed by atoms with E-state index in [1.165, 1.54) is 0 Å². The van der Waals surface area contributed by atoms with E-state index in [9.17, 15) is 4.79 Å². The number of amides is 1. The van der Waals surface area contributed by atoms with Gasteiger partial charge in [-0.15, -0.1) is 0 Å². The van der Waals surface area contributed by atoms with E-state index in [1.54, 1.807) is 0 Å². The van der Waals surface area contributed by atoms with E-state index in [1.807, 2.05) is 0 Å². The molecule has 3 N–H and O–H groups in total. The molecule has 3 heteroatoms. The minimum atomic E-state index is -1.07. The predicted octanol–water partition coefficient (Wildman–Crippen LogP) is -0.943. The standard InChI is InChI=1S/C4H8NO2/c1-2-3(6)4(5)7/h3,6H,1-2H2,(H2,5,7). The summed E-state index contributed by atoms with van der Waals surface area (Å²) in [6.45, 7) is 3.26. The first-order valence-electron chi connectivity index (χ1n) is 1.95. The summed E-state index contributed by atoms with van der Waals surface area (Å²) in [6, 6.07) is 0. The van der Waals surface area contributed by atoms with Crippen molar-refractivity contribution in [3.8, 4) is 0 Å². The van der Waals surface area contributed by atoms with Gasteiger partial charge in [-0.1, -0.05) is 6.92 Å². The zero-order valence-electron chi connectivity index (χ0n) is 3.92. The fourth-order valence-corrected chi connectivity index (χ4v) is 0.142. The molecule has 0 fully saturated rings. The molecular formula is C4H8NO2. The normalized spacial score (nSPS) is 13.4. The Morgan fingerprint density at radius 3 is 2.43 bits per heavy atom. The van der Waals surface area contributed by atoms with Gasteiger partial charge in [-0.2, -0.15) is 0 Å². The fourth-order valence-electron chi connectivity index (χ4n) is 0.142. The lowest BCUT2D eigenvalue weighted by atomic mass is 10.3. The van der Waals surface area contributed by atoms with Crippen LogP contribution in [0.5, 0.6) is 0 Å². The number of aliphatic hydroxyl groups is 1. The lowest BCUT2D eigenvalue weighted by Gasteiger charge is -1.97. The van der Waals surface area contributed by atoms with Gasteiger partial charge in [0.2, 0.25) is 5.91 Å². The largest absolute Gasteiger partial charge is 0.383 e. The quantitative estimate of drug-likeness (QED) is 0.472. The van der Waals surface area contributed by atoms with Crippen LogP contribution >= 0.6 is 0 Å². The molecule has 0 aliphatic carbocycles. The van der Waals surface area contributed by atoms with Crippen LogP contribution in [0.15, 0.2) is 0 Å². The van der Waals surface area contributed by atoms with Crippen LogP contribution in [0.4, 0.5) is 0 Å². The Kier molecular flexibility index (Phi) is 2.37. The molecule has 1 atom stereocenters. The van der Waals surface area contributed by atoms with Crippen LogP contribution in [0, 0.1) is 6.92 Å². The van der Waals surface area contributed by atoms with E-state index < -0.39 is 12.0 Å². The molecule has 0 saturated heterocycles. The molecule has 1 unspecified atom stereocenters. The first-order chi connectivity index (χ1) is 3.18. The van der Waals surface area contributed by atoms with Gasteiger partial charge in [-0.25, -0.2) is 0 Å². The van der Waals surface area contributed by atoms with Gasteiger partial charge in [0.1, 0.15) is 6.10 Å². The highest BCUT2D eigenvalue weighted by Gasteiger charge is 2.04. The van der Waals surface area contributed by atoms with Gasteiger partial charge < -0.3 is 10.8 Å². The summed E-state index contributed by atoms with van der Waals surface area (Å²) in [6.07, 6.45) is -0.921. The van der Waals surface area contributed by atoms with E-state index >= 15 is 0 Å². The Labute approximate surface area is 42.1 Å². The maximum absolute atomic E-state index is 9.86. The molecule has 0 aliphatic heterocycles. The molecule has 7 heavy (non-hydrogen) atoms. The molecule has 0 saturated carbocycles. The van der Waals surface area contributed by atoms with Crippen LogP contribution in [0.2, 0.25) is 0 Å². The highest BCUT2D eigenvalue weighted by atomic mass is 16.3. The molecule has 0 aliphatic rings. The summed E-state index contributed by atoms with van der Waals surface area (Å²) in [7, 11) is 0. The second-order valence-electron chi connectivity index (χ2n) is 1.21. The number of nitrogens with two attached hydrogens (primary N) is 1. The Bertz CT molecular complexity index is 72.1. The Balaban J connectivity index is 3.34.